The van der Waals surface area contributed by atoms with Crippen LogP contribution >= 0.6 is 11.6 Å². The molecule has 1 fully saturated rings. The third-order valence-corrected chi connectivity index (χ3v) is 7.20. The second kappa shape index (κ2) is 10.5. The van der Waals surface area contributed by atoms with E-state index in [9.17, 15) is 9.59 Å². The van der Waals surface area contributed by atoms with Gasteiger partial charge in [0.2, 0.25) is 5.91 Å². The summed E-state index contributed by atoms with van der Waals surface area (Å²) in [4.78, 5) is 31.8. The molecule has 2 atom stereocenters. The predicted molar refractivity (Wildman–Crippen MR) is 139 cm³/mol. The Balaban J connectivity index is 1.69. The van der Waals surface area contributed by atoms with E-state index < -0.39 is 6.09 Å². The fraction of sp³-hybridized carbons (Fsp3) is 0.481. The minimum absolute atomic E-state index is 0.0588. The summed E-state index contributed by atoms with van der Waals surface area (Å²) in [7, 11) is 3.69. The lowest BCUT2D eigenvalue weighted by molar-refractivity contribution is -0.117. The van der Waals surface area contributed by atoms with Crippen molar-refractivity contribution >= 4 is 35.0 Å². The molecule has 0 radical (unpaired) electrons. The summed E-state index contributed by atoms with van der Waals surface area (Å²) in [5.41, 5.74) is 2.53. The highest BCUT2D eigenvalue weighted by atomic mass is 35.5. The van der Waals surface area contributed by atoms with Crippen LogP contribution in [0.5, 0.6) is 11.5 Å². The summed E-state index contributed by atoms with van der Waals surface area (Å²) in [5, 5.41) is 0.441. The van der Waals surface area contributed by atoms with Crippen molar-refractivity contribution in [2.24, 2.45) is 0 Å². The van der Waals surface area contributed by atoms with E-state index in [2.05, 4.69) is 24.9 Å². The number of likely N-dealkylation sites (N-methyl/N-ethyl adjacent to an activating group) is 1. The average molecular weight is 500 g/mol. The number of carbonyl (C=O) groups is 2. The molecule has 2 aromatic carbocycles. The summed E-state index contributed by atoms with van der Waals surface area (Å²) < 4.78 is 11.1. The Bertz CT molecular complexity index is 1100. The van der Waals surface area contributed by atoms with Crippen LogP contribution in [0.25, 0.3) is 0 Å². The van der Waals surface area contributed by atoms with Gasteiger partial charge in [0.15, 0.2) is 11.5 Å². The topological polar surface area (TPSA) is 62.3 Å². The minimum atomic E-state index is -0.540. The summed E-state index contributed by atoms with van der Waals surface area (Å²) in [6, 6.07) is 11.5. The molecule has 4 rings (SSSR count). The van der Waals surface area contributed by atoms with Crippen LogP contribution in [0.3, 0.4) is 0 Å². The maximum Gasteiger partial charge on any atom is 0.420 e. The fourth-order valence-corrected chi connectivity index (χ4v) is 5.07. The second-order valence-corrected chi connectivity index (χ2v) is 9.97. The van der Waals surface area contributed by atoms with Crippen molar-refractivity contribution in [2.45, 2.75) is 58.0 Å². The normalized spacial score (nSPS) is 18.3. The molecule has 0 aromatic heterocycles. The van der Waals surface area contributed by atoms with Gasteiger partial charge < -0.3 is 19.3 Å². The number of benzene rings is 2. The summed E-state index contributed by atoms with van der Waals surface area (Å²) in [6.45, 7) is 6.94. The zero-order chi connectivity index (χ0) is 25.3. The lowest BCUT2D eigenvalue weighted by Gasteiger charge is -2.40. The van der Waals surface area contributed by atoms with Crippen LogP contribution in [-0.4, -0.2) is 56.2 Å². The van der Waals surface area contributed by atoms with Gasteiger partial charge in [0.05, 0.1) is 24.5 Å². The molecular formula is C27H34ClN3O4. The van der Waals surface area contributed by atoms with Crippen LogP contribution in [-0.2, 0) is 4.79 Å². The van der Waals surface area contributed by atoms with Crippen molar-refractivity contribution in [3.63, 3.8) is 0 Å². The number of hydrogen-bond acceptors (Lipinski definition) is 5. The van der Waals surface area contributed by atoms with Crippen molar-refractivity contribution in [2.75, 3.05) is 37.0 Å². The van der Waals surface area contributed by atoms with Gasteiger partial charge in [0.25, 0.3) is 0 Å². The van der Waals surface area contributed by atoms with Crippen LogP contribution in [0.2, 0.25) is 5.02 Å². The summed E-state index contributed by atoms with van der Waals surface area (Å²) in [6.07, 6.45) is 2.96. The van der Waals surface area contributed by atoms with Crippen LogP contribution in [0, 0.1) is 0 Å². The van der Waals surface area contributed by atoms with Crippen molar-refractivity contribution in [1.82, 2.24) is 4.90 Å². The van der Waals surface area contributed by atoms with Crippen LogP contribution in [0.15, 0.2) is 36.4 Å². The molecule has 7 nitrogen and oxygen atoms in total. The van der Waals surface area contributed by atoms with Crippen molar-refractivity contribution in [1.29, 1.82) is 0 Å². The number of methoxy groups -OCH3 is 1. The van der Waals surface area contributed by atoms with E-state index in [-0.39, 0.29) is 17.7 Å². The van der Waals surface area contributed by atoms with E-state index in [0.29, 0.717) is 40.7 Å². The number of amides is 2. The molecule has 0 N–H and O–H groups in total. The van der Waals surface area contributed by atoms with Gasteiger partial charge in [0, 0.05) is 37.1 Å². The first-order chi connectivity index (χ1) is 16.7. The largest absolute Gasteiger partial charge is 0.493 e. The third kappa shape index (κ3) is 5.41. The number of nitrogens with zero attached hydrogens (tertiary/aromatic N) is 3. The molecule has 1 aliphatic carbocycles. The van der Waals surface area contributed by atoms with Gasteiger partial charge in [-0.3, -0.25) is 9.69 Å². The van der Waals surface area contributed by atoms with Gasteiger partial charge in [-0.25, -0.2) is 4.79 Å². The van der Waals surface area contributed by atoms with Gasteiger partial charge in [-0.15, -0.1) is 0 Å². The number of halogens is 1. The number of hydrogen-bond donors (Lipinski definition) is 0. The number of rotatable bonds is 7. The zero-order valence-corrected chi connectivity index (χ0v) is 21.8. The van der Waals surface area contributed by atoms with Crippen LogP contribution in [0.1, 0.15) is 51.5 Å². The Morgan fingerprint density at radius 2 is 1.89 bits per heavy atom. The first-order valence-electron chi connectivity index (χ1n) is 12.2. The molecule has 35 heavy (non-hydrogen) atoms. The smallest absolute Gasteiger partial charge is 0.420 e. The highest BCUT2D eigenvalue weighted by Gasteiger charge is 2.36. The van der Waals surface area contributed by atoms with Gasteiger partial charge in [-0.05, 0) is 69.0 Å². The zero-order valence-electron chi connectivity index (χ0n) is 21.1. The maximum absolute atomic E-state index is 13.5. The highest BCUT2D eigenvalue weighted by molar-refractivity contribution is 6.30. The number of fused-ring (bicyclic) bond motifs is 1. The predicted octanol–water partition coefficient (Wildman–Crippen LogP) is 5.70. The standard InChI is InChI=1S/C27H34ClN3O4/c1-6-19(16-29(4)22-9-10-22)20-7-11-23-24(13-20)30(15-17(2)31(23)18(3)32)27(33)35-26-14-21(28)8-12-25(26)34-5/h7-8,11-14,17,19,22H,6,9-10,15-16H2,1-5H3/t17-,19?/m0/s1. The molecule has 0 saturated heterocycles. The monoisotopic (exact) mass is 499 g/mol. The van der Waals surface area contributed by atoms with Crippen molar-refractivity contribution in [3.05, 3.63) is 47.0 Å². The molecule has 1 heterocycles. The molecule has 8 heteroatoms. The minimum Gasteiger partial charge on any atom is -0.493 e. The fourth-order valence-electron chi connectivity index (χ4n) is 4.91. The Kier molecular flexibility index (Phi) is 7.57. The Hall–Kier alpha value is -2.77. The van der Waals surface area contributed by atoms with E-state index in [1.54, 1.807) is 34.9 Å². The van der Waals surface area contributed by atoms with Crippen LogP contribution in [0.4, 0.5) is 16.2 Å². The SMILES string of the molecule is CCC(CN(C)C1CC1)c1ccc2c(c1)N(C(=O)Oc1cc(Cl)ccc1OC)C[C@H](C)N2C(C)=O. The van der Waals surface area contributed by atoms with Crippen molar-refractivity contribution < 1.29 is 19.1 Å². The summed E-state index contributed by atoms with van der Waals surface area (Å²) in [5.74, 6) is 0.932. The Labute approximate surface area is 212 Å². The highest BCUT2D eigenvalue weighted by Crippen LogP contribution is 2.40. The van der Waals surface area contributed by atoms with E-state index in [1.807, 2.05) is 19.1 Å². The van der Waals surface area contributed by atoms with Gasteiger partial charge in [-0.2, -0.15) is 0 Å². The molecule has 1 saturated carbocycles. The Morgan fingerprint density at radius 3 is 2.51 bits per heavy atom. The first kappa shape index (κ1) is 25.3. The molecule has 1 unspecified atom stereocenters. The molecule has 0 spiro atoms. The van der Waals surface area contributed by atoms with Gasteiger partial charge >= 0.3 is 6.09 Å². The average Bonchev–Trinajstić information content (AvgIpc) is 3.67. The van der Waals surface area contributed by atoms with Crippen molar-refractivity contribution in [3.8, 4) is 11.5 Å². The summed E-state index contributed by atoms with van der Waals surface area (Å²) >= 11 is 6.13. The van der Waals surface area contributed by atoms with E-state index in [1.165, 1.54) is 20.0 Å². The molecule has 2 amide bonds. The van der Waals surface area contributed by atoms with E-state index in [0.717, 1.165) is 18.5 Å². The third-order valence-electron chi connectivity index (χ3n) is 6.96. The first-order valence-corrected chi connectivity index (χ1v) is 12.6. The lowest BCUT2D eigenvalue weighted by atomic mass is 9.93. The quantitative estimate of drug-likeness (QED) is 0.489. The van der Waals surface area contributed by atoms with Gasteiger partial charge in [0.1, 0.15) is 0 Å². The number of anilines is 2. The van der Waals surface area contributed by atoms with Crippen LogP contribution < -0.4 is 19.3 Å². The molecule has 2 aliphatic rings. The molecule has 188 valence electrons. The molecule has 2 aromatic rings. The number of carbonyl (C=O) groups excluding carboxylic acids is 2. The number of ether oxygens (including phenoxy) is 2. The second-order valence-electron chi connectivity index (χ2n) is 9.54. The molecule has 1 aliphatic heterocycles. The van der Waals surface area contributed by atoms with E-state index >= 15 is 0 Å². The molecule has 0 bridgehead atoms. The maximum atomic E-state index is 13.5. The lowest BCUT2D eigenvalue weighted by Crippen LogP contribution is -2.52. The Morgan fingerprint density at radius 1 is 1.14 bits per heavy atom. The van der Waals surface area contributed by atoms with Gasteiger partial charge in [-0.1, -0.05) is 24.6 Å². The molecular weight excluding hydrogens is 466 g/mol. The van der Waals surface area contributed by atoms with E-state index in [4.69, 9.17) is 21.1 Å².